The lowest BCUT2D eigenvalue weighted by Crippen LogP contribution is -2.39. The second-order valence-corrected chi connectivity index (χ2v) is 4.25. The molecule has 0 aliphatic heterocycles. The van der Waals surface area contributed by atoms with Gasteiger partial charge in [-0.05, 0) is 31.0 Å². The molecule has 20 heavy (non-hydrogen) atoms. The van der Waals surface area contributed by atoms with Crippen LogP contribution in [0.2, 0.25) is 0 Å². The number of amides is 1. The van der Waals surface area contributed by atoms with Crippen molar-refractivity contribution >= 4 is 11.6 Å². The lowest BCUT2D eigenvalue weighted by molar-refractivity contribution is -0.118. The highest BCUT2D eigenvalue weighted by atomic mass is 16.2. The van der Waals surface area contributed by atoms with Gasteiger partial charge in [-0.3, -0.25) is 4.79 Å². The van der Waals surface area contributed by atoms with E-state index in [-0.39, 0.29) is 11.9 Å². The SMILES string of the molecule is CC.CCC(=O)N(c1cccc(C#N)c1)C(CC)CC. The predicted molar refractivity (Wildman–Crippen MR) is 84.7 cm³/mol. The minimum absolute atomic E-state index is 0.110. The van der Waals surface area contributed by atoms with Gasteiger partial charge in [0.15, 0.2) is 0 Å². The number of hydrogen-bond acceptors (Lipinski definition) is 2. The van der Waals surface area contributed by atoms with Gasteiger partial charge < -0.3 is 4.90 Å². The Morgan fingerprint density at radius 2 is 1.85 bits per heavy atom. The van der Waals surface area contributed by atoms with E-state index in [1.54, 1.807) is 12.1 Å². The van der Waals surface area contributed by atoms with E-state index in [1.807, 2.05) is 37.8 Å². The molecule has 1 aromatic carbocycles. The molecule has 0 aliphatic rings. The minimum atomic E-state index is 0.110. The number of rotatable bonds is 5. The number of carbonyl (C=O) groups excluding carboxylic acids is 1. The summed E-state index contributed by atoms with van der Waals surface area (Å²) in [6, 6.07) is 9.58. The normalized spacial score (nSPS) is 9.45. The summed E-state index contributed by atoms with van der Waals surface area (Å²) >= 11 is 0. The molecule has 3 nitrogen and oxygen atoms in total. The van der Waals surface area contributed by atoms with Gasteiger partial charge >= 0.3 is 0 Å². The van der Waals surface area contributed by atoms with Crippen LogP contribution in [0.5, 0.6) is 0 Å². The van der Waals surface area contributed by atoms with Crippen LogP contribution >= 0.6 is 0 Å². The Morgan fingerprint density at radius 3 is 2.30 bits per heavy atom. The first-order valence-corrected chi connectivity index (χ1v) is 7.50. The highest BCUT2D eigenvalue weighted by molar-refractivity contribution is 5.93. The van der Waals surface area contributed by atoms with Crippen LogP contribution in [0, 0.1) is 11.3 Å². The van der Waals surface area contributed by atoms with Crippen LogP contribution in [0.1, 0.15) is 59.4 Å². The number of hydrogen-bond donors (Lipinski definition) is 0. The summed E-state index contributed by atoms with van der Waals surface area (Å²) in [4.78, 5) is 13.9. The van der Waals surface area contributed by atoms with Crippen LogP contribution in [-0.2, 0) is 4.79 Å². The molecule has 1 amide bonds. The zero-order chi connectivity index (χ0) is 15.5. The summed E-state index contributed by atoms with van der Waals surface area (Å²) < 4.78 is 0. The molecule has 3 heteroatoms. The summed E-state index contributed by atoms with van der Waals surface area (Å²) in [7, 11) is 0. The average Bonchev–Trinajstić information content (AvgIpc) is 2.53. The second-order valence-electron chi connectivity index (χ2n) is 4.25. The van der Waals surface area contributed by atoms with Crippen LogP contribution in [0.15, 0.2) is 24.3 Å². The summed E-state index contributed by atoms with van der Waals surface area (Å²) in [5.74, 6) is 0.110. The van der Waals surface area contributed by atoms with E-state index in [0.717, 1.165) is 18.5 Å². The van der Waals surface area contributed by atoms with Crippen LogP contribution in [-0.4, -0.2) is 11.9 Å². The van der Waals surface area contributed by atoms with Gasteiger partial charge in [-0.15, -0.1) is 0 Å². The van der Waals surface area contributed by atoms with Crippen molar-refractivity contribution in [3.8, 4) is 6.07 Å². The van der Waals surface area contributed by atoms with Gasteiger partial charge in [-0.2, -0.15) is 5.26 Å². The van der Waals surface area contributed by atoms with E-state index in [2.05, 4.69) is 19.9 Å². The van der Waals surface area contributed by atoms with Crippen molar-refractivity contribution in [1.29, 1.82) is 5.26 Å². The van der Waals surface area contributed by atoms with Gasteiger partial charge in [0.25, 0.3) is 0 Å². The van der Waals surface area contributed by atoms with Crippen molar-refractivity contribution in [3.05, 3.63) is 29.8 Å². The van der Waals surface area contributed by atoms with Crippen molar-refractivity contribution < 1.29 is 4.79 Å². The molecule has 110 valence electrons. The minimum Gasteiger partial charge on any atom is -0.309 e. The van der Waals surface area contributed by atoms with Gasteiger partial charge in [-0.25, -0.2) is 0 Å². The second kappa shape index (κ2) is 10.0. The summed E-state index contributed by atoms with van der Waals surface area (Å²) in [6.07, 6.45) is 2.31. The van der Waals surface area contributed by atoms with Crippen LogP contribution < -0.4 is 4.90 Å². The Labute approximate surface area is 123 Å². The lowest BCUT2D eigenvalue weighted by Gasteiger charge is -2.30. The van der Waals surface area contributed by atoms with E-state index in [0.29, 0.717) is 12.0 Å². The lowest BCUT2D eigenvalue weighted by atomic mass is 10.1. The van der Waals surface area contributed by atoms with Gasteiger partial charge in [0.05, 0.1) is 11.6 Å². The topological polar surface area (TPSA) is 44.1 Å². The average molecular weight is 274 g/mol. The van der Waals surface area contributed by atoms with Crippen molar-refractivity contribution in [2.45, 2.75) is 59.9 Å². The quantitative estimate of drug-likeness (QED) is 0.792. The molecular formula is C17H26N2O. The fourth-order valence-electron chi connectivity index (χ4n) is 2.11. The Balaban J connectivity index is 0.00000172. The third-order valence-electron chi connectivity index (χ3n) is 3.13. The summed E-state index contributed by atoms with van der Waals surface area (Å²) in [5, 5.41) is 8.94. The van der Waals surface area contributed by atoms with E-state index in [9.17, 15) is 4.79 Å². The number of anilines is 1. The fraction of sp³-hybridized carbons (Fsp3) is 0.529. The third-order valence-corrected chi connectivity index (χ3v) is 3.13. The van der Waals surface area contributed by atoms with E-state index in [1.165, 1.54) is 0 Å². The molecule has 0 radical (unpaired) electrons. The number of nitriles is 1. The van der Waals surface area contributed by atoms with Crippen molar-refractivity contribution in [2.24, 2.45) is 0 Å². The summed E-state index contributed by atoms with van der Waals surface area (Å²) in [5.41, 5.74) is 1.42. The maximum atomic E-state index is 12.1. The smallest absolute Gasteiger partial charge is 0.226 e. The number of carbonyl (C=O) groups is 1. The zero-order valence-corrected chi connectivity index (χ0v) is 13.3. The highest BCUT2D eigenvalue weighted by Gasteiger charge is 2.21. The van der Waals surface area contributed by atoms with Crippen molar-refractivity contribution in [1.82, 2.24) is 0 Å². The molecule has 0 bridgehead atoms. The molecule has 0 spiro atoms. The summed E-state index contributed by atoms with van der Waals surface area (Å²) in [6.45, 7) is 10.0. The molecule has 0 unspecified atom stereocenters. The predicted octanol–water partition coefficient (Wildman–Crippen LogP) is 4.52. The first kappa shape index (κ1) is 18.2. The molecule has 1 aromatic rings. The Kier molecular flexibility index (Phi) is 9.11. The van der Waals surface area contributed by atoms with Crippen molar-refractivity contribution in [2.75, 3.05) is 4.90 Å². The fourth-order valence-corrected chi connectivity index (χ4v) is 2.11. The molecular weight excluding hydrogens is 248 g/mol. The maximum absolute atomic E-state index is 12.1. The van der Waals surface area contributed by atoms with Crippen LogP contribution in [0.25, 0.3) is 0 Å². The van der Waals surface area contributed by atoms with Gasteiger partial charge in [0, 0.05) is 18.2 Å². The molecule has 0 aliphatic carbocycles. The molecule has 0 aromatic heterocycles. The highest BCUT2D eigenvalue weighted by Crippen LogP contribution is 2.22. The standard InChI is InChI=1S/C15H20N2O.C2H6/c1-4-13(5-2)17(15(18)6-3)14-9-7-8-12(10-14)11-16;1-2/h7-10,13H,4-6H2,1-3H3;1-2H3. The van der Waals surface area contributed by atoms with E-state index < -0.39 is 0 Å². The largest absolute Gasteiger partial charge is 0.309 e. The van der Waals surface area contributed by atoms with E-state index in [4.69, 9.17) is 5.26 Å². The number of benzene rings is 1. The molecule has 0 fully saturated rings. The molecule has 0 saturated carbocycles. The van der Waals surface area contributed by atoms with Gasteiger partial charge in [0.2, 0.25) is 5.91 Å². The van der Waals surface area contributed by atoms with Crippen LogP contribution in [0.3, 0.4) is 0 Å². The zero-order valence-electron chi connectivity index (χ0n) is 13.3. The maximum Gasteiger partial charge on any atom is 0.226 e. The molecule has 0 heterocycles. The molecule has 0 atom stereocenters. The van der Waals surface area contributed by atoms with Crippen molar-refractivity contribution in [3.63, 3.8) is 0 Å². The Morgan fingerprint density at radius 1 is 1.25 bits per heavy atom. The van der Waals surface area contributed by atoms with E-state index >= 15 is 0 Å². The van der Waals surface area contributed by atoms with Gasteiger partial charge in [-0.1, -0.05) is 40.7 Å². The van der Waals surface area contributed by atoms with Gasteiger partial charge in [0.1, 0.15) is 0 Å². The number of nitrogens with zero attached hydrogens (tertiary/aromatic N) is 2. The third kappa shape index (κ3) is 4.70. The Bertz CT molecular complexity index is 445. The van der Waals surface area contributed by atoms with Crippen LogP contribution in [0.4, 0.5) is 5.69 Å². The Hall–Kier alpha value is -1.82. The monoisotopic (exact) mass is 274 g/mol. The molecule has 0 saturated heterocycles. The first-order chi connectivity index (χ1) is 9.67. The molecule has 1 rings (SSSR count). The molecule has 0 N–H and O–H groups in total. The first-order valence-electron chi connectivity index (χ1n) is 7.50.